The standard InChI is InChI=1S/C44H39Cl2N4O25P3.C21H27N4O17P3/c1-19(70-17-22-16-49(44(58)48-42(22)55)33-15-29(51)32(72-33)18-71-77(64,65)75-78(66,67)74-76(61,62)63)23-8-6-20(11-28(23)50(59)60)5-4-10-47-41(54)21-7-9-24(43(56)57)25(12-21)34-26-13-30(68-2)37(52)35(45)39(26)73-40-27(34)14-31(69-3)38(53)36(40)46;1-12(15-5-4-13(3-2-6-22)7-16(15)25(29)30)38-10-14-9-24(21(28)23-20(14)27)19-8-17(26)18(40-19)11-39-44(34,35)42-45(36,37)41-43(31,32)33/h6-9,11-14,16,19,29,32-33,51-52H,10,15,17-18H2,1-3H3,(H,47,54)(H,56,57)(H,64,65)(H,66,67)(H,48,55,58)(H2,61,62,63);4-5,7,9,12,17-19,26H,6,8,10-11,22H2,1H3,(H,34,35)(H,36,37)(H,23,27,28)(H2,31,32,33)/p-1/t19?,29?,32-,33-;12?,17?,18-,19-/m11/s1. The number of aromatic carboxylic acids is 1. The third kappa shape index (κ3) is 24.9. The van der Waals surface area contributed by atoms with Crippen molar-refractivity contribution in [1.29, 1.82) is 0 Å². The lowest BCUT2D eigenvalue weighted by Gasteiger charge is -2.22. The monoisotopic (exact) mass is 1890 g/mol. The molecule has 2 saturated heterocycles. The average Bonchev–Trinajstić information content (AvgIpc) is 0.734. The summed E-state index contributed by atoms with van der Waals surface area (Å²) < 4.78 is 133. The van der Waals surface area contributed by atoms with Crippen molar-refractivity contribution in [3.8, 4) is 63.4 Å². The molecule has 0 saturated carbocycles. The molecule has 4 aliphatic rings. The first-order valence-electron chi connectivity index (χ1n) is 34.1. The van der Waals surface area contributed by atoms with Gasteiger partial charge in [-0.25, -0.2) is 41.8 Å². The van der Waals surface area contributed by atoms with Crippen molar-refractivity contribution >= 4 is 104 Å². The van der Waals surface area contributed by atoms with Gasteiger partial charge in [0, 0.05) is 70.6 Å². The van der Waals surface area contributed by atoms with E-state index in [4.69, 9.17) is 81.3 Å². The minimum Gasteiger partial charge on any atom is -0.869 e. The van der Waals surface area contributed by atoms with Crippen LogP contribution in [0.5, 0.6) is 17.2 Å². The number of aliphatic hydroxyl groups is 2. The van der Waals surface area contributed by atoms with Gasteiger partial charge in [0.25, 0.3) is 28.4 Å². The fourth-order valence-corrected chi connectivity index (χ4v) is 18.3. The Morgan fingerprint density at radius 1 is 0.642 bits per heavy atom. The van der Waals surface area contributed by atoms with E-state index in [1.54, 1.807) is 0 Å². The summed E-state index contributed by atoms with van der Waals surface area (Å²) in [7, 11) is -31.6. The number of aromatic amines is 2. The molecule has 50 nitrogen and oxygen atoms in total. The van der Waals surface area contributed by atoms with E-state index in [0.717, 1.165) is 33.7 Å². The summed E-state index contributed by atoms with van der Waals surface area (Å²) >= 11 is 12.9. The van der Waals surface area contributed by atoms with Crippen LogP contribution in [0.2, 0.25) is 10.0 Å². The zero-order valence-corrected chi connectivity index (χ0v) is 69.5. The minimum atomic E-state index is -5.85. The number of phosphoric ester groups is 2. The predicted molar refractivity (Wildman–Crippen MR) is 413 cm³/mol. The van der Waals surface area contributed by atoms with Crippen molar-refractivity contribution in [3.05, 3.63) is 206 Å². The highest BCUT2D eigenvalue weighted by Gasteiger charge is 2.46. The molecule has 2 fully saturated rings. The number of nitrogens with one attached hydrogen (secondary N) is 3. The van der Waals surface area contributed by atoms with Gasteiger partial charge in [-0.3, -0.25) is 67.6 Å². The fraction of sp³-hybridized carbons (Fsp3) is 0.308. The van der Waals surface area contributed by atoms with E-state index >= 15 is 0 Å². The zero-order chi connectivity index (χ0) is 91.1. The molecule has 5 heterocycles. The number of carboxylic acid groups (broad SMARTS) is 1. The first kappa shape index (κ1) is 97.1. The first-order chi connectivity index (χ1) is 57.3. The lowest BCUT2D eigenvalue weighted by atomic mass is 9.89. The number of aliphatic hydroxyl groups excluding tert-OH is 2. The van der Waals surface area contributed by atoms with E-state index in [0.29, 0.717) is 5.56 Å². The number of H-pyrrole nitrogens is 2. The predicted octanol–water partition coefficient (Wildman–Crippen LogP) is 4.49. The number of fused-ring (bicyclic) bond motifs is 2. The third-order valence-corrected chi connectivity index (χ3v) is 25.5. The molecule has 10 rings (SSSR count). The Kier molecular flexibility index (Phi) is 31.3. The van der Waals surface area contributed by atoms with Gasteiger partial charge in [-0.15, -0.1) is 0 Å². The molecule has 0 radical (unpaired) electrons. The lowest BCUT2D eigenvalue weighted by molar-refractivity contribution is -0.386. The van der Waals surface area contributed by atoms with Crippen molar-refractivity contribution in [2.24, 2.45) is 5.73 Å². The highest BCUT2D eigenvalue weighted by Crippen LogP contribution is 2.68. The summed E-state index contributed by atoms with van der Waals surface area (Å²) in [5, 5.41) is 69.7. The molecule has 123 heavy (non-hydrogen) atoms. The van der Waals surface area contributed by atoms with Gasteiger partial charge in [0.15, 0.2) is 17.1 Å². The van der Waals surface area contributed by atoms with Crippen LogP contribution in [0.4, 0.5) is 11.4 Å². The van der Waals surface area contributed by atoms with Crippen LogP contribution < -0.4 is 53.6 Å². The number of carbonyl (C=O) groups is 2. The highest BCUT2D eigenvalue weighted by atomic mass is 35.5. The summed E-state index contributed by atoms with van der Waals surface area (Å²) in [5.74, 6) is 6.86. The van der Waals surface area contributed by atoms with Crippen LogP contribution in [-0.4, -0.2) is 160 Å². The number of nitrogens with zero attached hydrogens (tertiary/aromatic N) is 4. The fourth-order valence-electron chi connectivity index (χ4n) is 11.8. The van der Waals surface area contributed by atoms with Gasteiger partial charge in [-0.1, -0.05) is 46.9 Å². The van der Waals surface area contributed by atoms with E-state index < -0.39 is 200 Å². The van der Waals surface area contributed by atoms with Gasteiger partial charge in [-0.05, 0) is 79.8 Å². The topological polar surface area (TPSA) is 757 Å². The minimum absolute atomic E-state index is 0.0130. The number of methoxy groups -OCH3 is 2. The van der Waals surface area contributed by atoms with Gasteiger partial charge in [-0.2, -0.15) is 17.2 Å². The Labute approximate surface area is 695 Å². The van der Waals surface area contributed by atoms with Crippen LogP contribution in [0, 0.1) is 43.9 Å². The molecule has 1 aliphatic carbocycles. The van der Waals surface area contributed by atoms with E-state index in [2.05, 4.69) is 55.3 Å². The second-order valence-corrected chi connectivity index (χ2v) is 35.1. The van der Waals surface area contributed by atoms with E-state index in [-0.39, 0.29) is 109 Å². The molecule has 6 aromatic rings. The number of hydrogen-bond acceptors (Lipinski definition) is 34. The molecular formula is C65H65Cl2N8O42P6-. The largest absolute Gasteiger partial charge is 0.869 e. The van der Waals surface area contributed by atoms with E-state index in [9.17, 15) is 121 Å². The quantitative estimate of drug-likeness (QED) is 0.00907. The number of benzene rings is 5. The van der Waals surface area contributed by atoms with Crippen molar-refractivity contribution in [2.45, 2.75) is 89.0 Å². The highest BCUT2D eigenvalue weighted by molar-refractivity contribution is 7.67. The Morgan fingerprint density at radius 3 is 1.54 bits per heavy atom. The van der Waals surface area contributed by atoms with Gasteiger partial charge in [0.1, 0.15) is 35.4 Å². The maximum Gasteiger partial charge on any atom is 0.490 e. The molecule has 662 valence electrons. The number of nitrogens with two attached hydrogens (primary N) is 1. The Balaban J connectivity index is 0.000000323. The van der Waals surface area contributed by atoms with Crippen molar-refractivity contribution in [2.75, 3.05) is 40.5 Å². The number of aromatic nitrogens is 4. The van der Waals surface area contributed by atoms with E-state index in [1.807, 2.05) is 9.97 Å². The number of rotatable bonds is 32. The first-order valence-corrected chi connectivity index (χ1v) is 43.9. The number of hydrogen-bond donors (Lipinski definition) is 15. The molecule has 4 aromatic carbocycles. The van der Waals surface area contributed by atoms with Crippen LogP contribution >= 0.6 is 70.1 Å². The number of nitro benzene ring substituents is 2. The number of carboxylic acids is 1. The van der Waals surface area contributed by atoms with Gasteiger partial charge < -0.3 is 103 Å². The summed E-state index contributed by atoms with van der Waals surface area (Å²) in [6.45, 7) is -0.410. The van der Waals surface area contributed by atoms with Crippen LogP contribution in [0.15, 0.2) is 108 Å². The average molecular weight is 1890 g/mol. The van der Waals surface area contributed by atoms with Crippen LogP contribution in [0.1, 0.15) is 105 Å². The number of halogens is 2. The van der Waals surface area contributed by atoms with Gasteiger partial charge >= 0.3 is 64.3 Å². The van der Waals surface area contributed by atoms with Crippen LogP contribution in [0.3, 0.4) is 0 Å². The number of amides is 1. The second kappa shape index (κ2) is 39.7. The van der Waals surface area contributed by atoms with Crippen molar-refractivity contribution < 1.29 is 166 Å². The smallest absolute Gasteiger partial charge is 0.490 e. The number of phosphoric acid groups is 6. The Morgan fingerprint density at radius 2 is 1.11 bits per heavy atom. The number of ether oxygens (including phenoxy) is 6. The zero-order valence-electron chi connectivity index (χ0n) is 62.7. The summed E-state index contributed by atoms with van der Waals surface area (Å²) in [5.41, 5.74) is -0.532. The normalized spacial score (nSPS) is 19.0. The van der Waals surface area contributed by atoms with Gasteiger partial charge in [0.05, 0.1) is 121 Å². The molecule has 1 amide bonds. The Bertz CT molecular complexity index is 6230. The van der Waals surface area contributed by atoms with Crippen LogP contribution in [0.25, 0.3) is 33.4 Å². The van der Waals surface area contributed by atoms with Crippen molar-refractivity contribution in [3.63, 3.8) is 0 Å². The summed E-state index contributed by atoms with van der Waals surface area (Å²) in [6.07, 6.45) is -9.31. The third-order valence-electron chi connectivity index (χ3n) is 17.2. The second-order valence-electron chi connectivity index (χ2n) is 25.5. The maximum absolute atomic E-state index is 13.6. The molecule has 0 spiro atoms. The summed E-state index contributed by atoms with van der Waals surface area (Å²) in [4.78, 5) is 189. The summed E-state index contributed by atoms with van der Waals surface area (Å²) in [6, 6.07) is 14.1. The molecular weight excluding hydrogens is 1820 g/mol. The maximum atomic E-state index is 13.6. The van der Waals surface area contributed by atoms with Crippen molar-refractivity contribution in [1.82, 2.24) is 24.4 Å². The lowest BCUT2D eigenvalue weighted by Crippen LogP contribution is -2.34. The van der Waals surface area contributed by atoms with Gasteiger partial charge in [0.2, 0.25) is 5.43 Å². The van der Waals surface area contributed by atoms with Crippen LogP contribution in [-0.2, 0) is 85.8 Å². The molecule has 2 aromatic heterocycles. The Hall–Kier alpha value is -9.69. The van der Waals surface area contributed by atoms with E-state index in [1.165, 1.54) is 82.7 Å². The molecule has 3 aliphatic heterocycles. The molecule has 16 N–H and O–H groups in total. The number of nitro groups is 2. The SMILES string of the molecule is CC(OCc1cn([C@H]2CC(O)[C@@H](COP(=O)(O)OP(=O)(O)OP(=O)(O)O)O2)c(=O)[nH]c1=O)c1ccc(C#CCN)cc1[N+](=O)[O-].COc1cc2c(-c3cc(C(=O)NCC#Cc4ccc(C(C)OCc5cn([C@H]6CC(O)[C@@H](COP(=O)(O)OP(=O)(O)OP(=O)(O)O)O6)c(=O)[nH]c5=O)c([N+](=O)[O-])c4)ccc3C(=O)O)c3cc(OC)c(=O)c(Cl)c-3oc2c(Cl)c1[O-]. The molecule has 12 atom stereocenters. The molecule has 0 bridgehead atoms. The number of carbonyl (C=O) groups excluding carboxylic acids is 1. The molecule has 8 unspecified atom stereocenters. The molecule has 58 heteroatoms.